The first-order valence-electron chi connectivity index (χ1n) is 6.50. The van der Waals surface area contributed by atoms with Crippen LogP contribution in [0.3, 0.4) is 0 Å². The van der Waals surface area contributed by atoms with Crippen LogP contribution in [0.25, 0.3) is 10.9 Å². The smallest absolute Gasteiger partial charge is 0.128 e. The summed E-state index contributed by atoms with van der Waals surface area (Å²) in [6.45, 7) is 1.53. The number of ether oxygens (including phenoxy) is 1. The lowest BCUT2D eigenvalue weighted by atomic mass is 10.0. The Labute approximate surface area is 107 Å². The molecule has 94 valence electrons. The van der Waals surface area contributed by atoms with E-state index in [-0.39, 0.29) is 0 Å². The molecule has 0 bridgehead atoms. The first-order chi connectivity index (χ1) is 8.83. The van der Waals surface area contributed by atoms with Gasteiger partial charge in [0.05, 0.1) is 12.1 Å². The molecule has 1 heterocycles. The number of hydrogen-bond acceptors (Lipinski definition) is 3. The molecule has 2 N–H and O–H groups in total. The normalized spacial score (nSPS) is 16.7. The largest absolute Gasteiger partial charge is 0.492 e. The average Bonchev–Trinajstić information content (AvgIpc) is 3.17. The van der Waals surface area contributed by atoms with Gasteiger partial charge >= 0.3 is 0 Å². The third kappa shape index (κ3) is 2.18. The number of pyridine rings is 1. The summed E-state index contributed by atoms with van der Waals surface area (Å²) >= 11 is 0. The van der Waals surface area contributed by atoms with E-state index in [9.17, 15) is 0 Å². The van der Waals surface area contributed by atoms with Gasteiger partial charge in [-0.25, -0.2) is 0 Å². The van der Waals surface area contributed by atoms with Crippen molar-refractivity contribution in [3.63, 3.8) is 0 Å². The lowest BCUT2D eigenvalue weighted by molar-refractivity contribution is 0.229. The van der Waals surface area contributed by atoms with E-state index in [1.165, 1.54) is 12.8 Å². The molecule has 0 amide bonds. The molecule has 2 aromatic rings. The lowest BCUT2D eigenvalue weighted by Gasteiger charge is -2.16. The monoisotopic (exact) mass is 242 g/mol. The Bertz CT molecular complexity index is 544. The summed E-state index contributed by atoms with van der Waals surface area (Å²) < 4.78 is 6.00. The maximum absolute atomic E-state index is 6.00. The van der Waals surface area contributed by atoms with Gasteiger partial charge in [0.2, 0.25) is 0 Å². The second-order valence-corrected chi connectivity index (χ2v) is 5.15. The second-order valence-electron chi connectivity index (χ2n) is 5.15. The third-order valence-corrected chi connectivity index (χ3v) is 3.77. The molecule has 1 saturated carbocycles. The average molecular weight is 242 g/mol. The molecule has 1 aliphatic carbocycles. The van der Waals surface area contributed by atoms with Crippen molar-refractivity contribution < 1.29 is 4.74 Å². The summed E-state index contributed by atoms with van der Waals surface area (Å²) in [4.78, 5) is 4.34. The SMILES string of the molecule is NCCC1(COc2cccc3ncccc23)CC1. The molecule has 3 rings (SSSR count). The Morgan fingerprint density at radius 2 is 2.11 bits per heavy atom. The van der Waals surface area contributed by atoms with Crippen LogP contribution in [0.1, 0.15) is 19.3 Å². The van der Waals surface area contributed by atoms with Gasteiger partial charge in [-0.1, -0.05) is 6.07 Å². The molecular weight excluding hydrogens is 224 g/mol. The maximum atomic E-state index is 6.00. The van der Waals surface area contributed by atoms with Crippen LogP contribution in [-0.2, 0) is 0 Å². The van der Waals surface area contributed by atoms with Crippen LogP contribution in [0.2, 0.25) is 0 Å². The van der Waals surface area contributed by atoms with Crippen LogP contribution in [0.5, 0.6) is 5.75 Å². The molecule has 0 aliphatic heterocycles. The molecule has 0 atom stereocenters. The summed E-state index contributed by atoms with van der Waals surface area (Å²) in [5.41, 5.74) is 6.98. The van der Waals surface area contributed by atoms with E-state index in [0.29, 0.717) is 5.41 Å². The van der Waals surface area contributed by atoms with Gasteiger partial charge in [0.1, 0.15) is 5.75 Å². The molecule has 1 aromatic carbocycles. The van der Waals surface area contributed by atoms with Crippen LogP contribution in [-0.4, -0.2) is 18.1 Å². The fourth-order valence-electron chi connectivity index (χ4n) is 2.38. The number of rotatable bonds is 5. The van der Waals surface area contributed by atoms with Crippen molar-refractivity contribution in [2.45, 2.75) is 19.3 Å². The quantitative estimate of drug-likeness (QED) is 0.877. The van der Waals surface area contributed by atoms with E-state index >= 15 is 0 Å². The Hall–Kier alpha value is -1.61. The molecule has 0 radical (unpaired) electrons. The van der Waals surface area contributed by atoms with Crippen molar-refractivity contribution >= 4 is 10.9 Å². The minimum absolute atomic E-state index is 0.346. The van der Waals surface area contributed by atoms with Crippen molar-refractivity contribution in [1.82, 2.24) is 4.98 Å². The molecule has 0 spiro atoms. The fourth-order valence-corrected chi connectivity index (χ4v) is 2.38. The minimum Gasteiger partial charge on any atom is -0.492 e. The fraction of sp³-hybridized carbons (Fsp3) is 0.400. The zero-order chi connectivity index (χ0) is 12.4. The number of nitrogens with two attached hydrogens (primary N) is 1. The van der Waals surface area contributed by atoms with Gasteiger partial charge in [0, 0.05) is 17.0 Å². The molecule has 1 aromatic heterocycles. The standard InChI is InChI=1S/C15H18N2O/c16-9-8-15(6-7-15)11-18-14-5-1-4-13-12(14)3-2-10-17-13/h1-5,10H,6-9,11,16H2. The first-order valence-corrected chi connectivity index (χ1v) is 6.50. The third-order valence-electron chi connectivity index (χ3n) is 3.77. The van der Waals surface area contributed by atoms with Crippen molar-refractivity contribution in [1.29, 1.82) is 0 Å². The van der Waals surface area contributed by atoms with Crippen LogP contribution < -0.4 is 10.5 Å². The number of fused-ring (bicyclic) bond motifs is 1. The summed E-state index contributed by atoms with van der Waals surface area (Å²) in [7, 11) is 0. The van der Waals surface area contributed by atoms with Crippen LogP contribution in [0.15, 0.2) is 36.5 Å². The summed E-state index contributed by atoms with van der Waals surface area (Å²) in [5.74, 6) is 0.934. The number of benzene rings is 1. The Kier molecular flexibility index (Phi) is 2.92. The van der Waals surface area contributed by atoms with Crippen molar-refractivity contribution in [3.05, 3.63) is 36.5 Å². The van der Waals surface area contributed by atoms with E-state index in [0.717, 1.165) is 36.2 Å². The predicted molar refractivity (Wildman–Crippen MR) is 72.6 cm³/mol. The van der Waals surface area contributed by atoms with Gasteiger partial charge in [0.15, 0.2) is 0 Å². The topological polar surface area (TPSA) is 48.1 Å². The number of aromatic nitrogens is 1. The zero-order valence-corrected chi connectivity index (χ0v) is 10.4. The van der Waals surface area contributed by atoms with Crippen LogP contribution in [0, 0.1) is 5.41 Å². The van der Waals surface area contributed by atoms with E-state index in [2.05, 4.69) is 11.1 Å². The summed E-state index contributed by atoms with van der Waals surface area (Å²) in [5, 5.41) is 1.09. The first kappa shape index (κ1) is 11.5. The highest BCUT2D eigenvalue weighted by Gasteiger charge is 2.42. The highest BCUT2D eigenvalue weighted by Crippen LogP contribution is 2.48. The molecule has 1 aliphatic rings. The second kappa shape index (κ2) is 4.58. The van der Waals surface area contributed by atoms with Crippen molar-refractivity contribution in [3.8, 4) is 5.75 Å². The molecule has 0 saturated heterocycles. The van der Waals surface area contributed by atoms with E-state index in [4.69, 9.17) is 10.5 Å². The van der Waals surface area contributed by atoms with Crippen molar-refractivity contribution in [2.24, 2.45) is 11.1 Å². The summed E-state index contributed by atoms with van der Waals surface area (Å²) in [6, 6.07) is 10.0. The Morgan fingerprint density at radius 1 is 1.22 bits per heavy atom. The molecule has 3 heteroatoms. The van der Waals surface area contributed by atoms with Gasteiger partial charge in [-0.3, -0.25) is 4.98 Å². The predicted octanol–water partition coefficient (Wildman–Crippen LogP) is 2.74. The van der Waals surface area contributed by atoms with E-state index in [1.807, 2.05) is 30.5 Å². The minimum atomic E-state index is 0.346. The highest BCUT2D eigenvalue weighted by molar-refractivity contribution is 5.84. The van der Waals surface area contributed by atoms with Crippen LogP contribution in [0.4, 0.5) is 0 Å². The van der Waals surface area contributed by atoms with Gasteiger partial charge in [-0.05, 0) is 50.1 Å². The highest BCUT2D eigenvalue weighted by atomic mass is 16.5. The van der Waals surface area contributed by atoms with Crippen molar-refractivity contribution in [2.75, 3.05) is 13.2 Å². The lowest BCUT2D eigenvalue weighted by Crippen LogP contribution is -2.17. The van der Waals surface area contributed by atoms with E-state index in [1.54, 1.807) is 0 Å². The maximum Gasteiger partial charge on any atom is 0.128 e. The molecule has 3 nitrogen and oxygen atoms in total. The van der Waals surface area contributed by atoms with Gasteiger partial charge in [-0.15, -0.1) is 0 Å². The van der Waals surface area contributed by atoms with Gasteiger partial charge in [0.25, 0.3) is 0 Å². The molecule has 18 heavy (non-hydrogen) atoms. The number of nitrogens with zero attached hydrogens (tertiary/aromatic N) is 1. The van der Waals surface area contributed by atoms with Gasteiger partial charge < -0.3 is 10.5 Å². The van der Waals surface area contributed by atoms with Crippen LogP contribution >= 0.6 is 0 Å². The molecule has 0 unspecified atom stereocenters. The zero-order valence-electron chi connectivity index (χ0n) is 10.4. The Morgan fingerprint density at radius 3 is 2.89 bits per heavy atom. The molecule has 1 fully saturated rings. The summed E-state index contributed by atoms with van der Waals surface area (Å²) in [6.07, 6.45) is 5.36. The Balaban J connectivity index is 1.79. The van der Waals surface area contributed by atoms with E-state index < -0.39 is 0 Å². The molecular formula is C15H18N2O. The van der Waals surface area contributed by atoms with Gasteiger partial charge in [-0.2, -0.15) is 0 Å². The number of hydrogen-bond donors (Lipinski definition) is 1.